The molecule has 0 amide bonds. The number of rotatable bonds is 4. The normalized spacial score (nSPS) is 28.0. The maximum absolute atomic E-state index is 5.50. The van der Waals surface area contributed by atoms with E-state index in [1.807, 2.05) is 0 Å². The molecular formula is C15H27N5O. The molecule has 2 aliphatic rings. The highest BCUT2D eigenvalue weighted by Gasteiger charge is 2.26. The fraction of sp³-hybridized carbons (Fsp3) is 0.867. The van der Waals surface area contributed by atoms with E-state index in [-0.39, 0.29) is 0 Å². The van der Waals surface area contributed by atoms with Crippen molar-refractivity contribution in [3.05, 3.63) is 5.89 Å². The molecule has 2 atom stereocenters. The molecule has 118 valence electrons. The summed E-state index contributed by atoms with van der Waals surface area (Å²) in [6, 6.07) is 0.595. The SMILES string of the molecule is CNC1CCCCC1Cc1nc(N2CCN(C)CC2)no1. The lowest BCUT2D eigenvalue weighted by Crippen LogP contribution is -2.44. The molecule has 3 rings (SSSR count). The second kappa shape index (κ2) is 6.75. The second-order valence-electron chi connectivity index (χ2n) is 6.42. The lowest BCUT2D eigenvalue weighted by atomic mass is 9.82. The average molecular weight is 293 g/mol. The van der Waals surface area contributed by atoms with Gasteiger partial charge in [0.2, 0.25) is 5.89 Å². The molecule has 1 aliphatic carbocycles. The first-order valence-electron chi connectivity index (χ1n) is 8.19. The Labute approximate surface area is 126 Å². The third kappa shape index (κ3) is 3.55. The van der Waals surface area contributed by atoms with E-state index in [0.717, 1.165) is 44.4 Å². The van der Waals surface area contributed by atoms with Crippen LogP contribution in [0.4, 0.5) is 5.95 Å². The van der Waals surface area contributed by atoms with Crippen molar-refractivity contribution in [2.75, 3.05) is 45.2 Å². The fourth-order valence-corrected chi connectivity index (χ4v) is 3.52. The quantitative estimate of drug-likeness (QED) is 0.898. The number of nitrogens with one attached hydrogen (secondary N) is 1. The van der Waals surface area contributed by atoms with Crippen LogP contribution in [0.15, 0.2) is 4.52 Å². The zero-order valence-electron chi connectivity index (χ0n) is 13.2. The molecule has 6 nitrogen and oxygen atoms in total. The van der Waals surface area contributed by atoms with Gasteiger partial charge in [-0.2, -0.15) is 4.98 Å². The summed E-state index contributed by atoms with van der Waals surface area (Å²) in [4.78, 5) is 9.18. The van der Waals surface area contributed by atoms with Gasteiger partial charge in [0.1, 0.15) is 0 Å². The minimum absolute atomic E-state index is 0.595. The number of hydrogen-bond donors (Lipinski definition) is 1. The van der Waals surface area contributed by atoms with Crippen LogP contribution in [0.3, 0.4) is 0 Å². The van der Waals surface area contributed by atoms with Crippen molar-refractivity contribution >= 4 is 5.95 Å². The Balaban J connectivity index is 1.59. The van der Waals surface area contributed by atoms with Crippen LogP contribution in [0, 0.1) is 5.92 Å². The zero-order chi connectivity index (χ0) is 14.7. The summed E-state index contributed by atoms with van der Waals surface area (Å²) in [5, 5.41) is 7.63. The van der Waals surface area contributed by atoms with Crippen LogP contribution >= 0.6 is 0 Å². The topological polar surface area (TPSA) is 57.4 Å². The Morgan fingerprint density at radius 3 is 2.71 bits per heavy atom. The van der Waals surface area contributed by atoms with Crippen LogP contribution in [0.5, 0.6) is 0 Å². The smallest absolute Gasteiger partial charge is 0.266 e. The van der Waals surface area contributed by atoms with Crippen LogP contribution < -0.4 is 10.2 Å². The van der Waals surface area contributed by atoms with Gasteiger partial charge in [0, 0.05) is 38.6 Å². The summed E-state index contributed by atoms with van der Waals surface area (Å²) >= 11 is 0. The molecule has 2 fully saturated rings. The predicted molar refractivity (Wildman–Crippen MR) is 82.5 cm³/mol. The van der Waals surface area contributed by atoms with E-state index in [4.69, 9.17) is 4.52 Å². The lowest BCUT2D eigenvalue weighted by Gasteiger charge is -2.31. The van der Waals surface area contributed by atoms with Crippen molar-refractivity contribution < 1.29 is 4.52 Å². The van der Waals surface area contributed by atoms with Gasteiger partial charge in [-0.05, 0) is 38.0 Å². The number of nitrogens with zero attached hydrogens (tertiary/aromatic N) is 4. The van der Waals surface area contributed by atoms with Crippen LogP contribution in [-0.4, -0.2) is 61.4 Å². The molecular weight excluding hydrogens is 266 g/mol. The van der Waals surface area contributed by atoms with Gasteiger partial charge in [-0.25, -0.2) is 0 Å². The summed E-state index contributed by atoms with van der Waals surface area (Å²) in [6.07, 6.45) is 6.09. The van der Waals surface area contributed by atoms with Crippen LogP contribution in [0.25, 0.3) is 0 Å². The summed E-state index contributed by atoms with van der Waals surface area (Å²) in [5.41, 5.74) is 0. The third-order valence-corrected chi connectivity index (χ3v) is 4.96. The maximum Gasteiger partial charge on any atom is 0.266 e. The number of likely N-dealkylation sites (N-methyl/N-ethyl adjacent to an activating group) is 1. The molecule has 0 spiro atoms. The number of piperazine rings is 1. The van der Waals surface area contributed by atoms with E-state index in [1.165, 1.54) is 25.7 Å². The first-order valence-corrected chi connectivity index (χ1v) is 8.19. The molecule has 1 saturated carbocycles. The van der Waals surface area contributed by atoms with Crippen molar-refractivity contribution in [3.63, 3.8) is 0 Å². The minimum atomic E-state index is 0.595. The van der Waals surface area contributed by atoms with Crippen molar-refractivity contribution in [3.8, 4) is 0 Å². The van der Waals surface area contributed by atoms with E-state index in [1.54, 1.807) is 0 Å². The van der Waals surface area contributed by atoms with Gasteiger partial charge in [-0.15, -0.1) is 0 Å². The highest BCUT2D eigenvalue weighted by atomic mass is 16.5. The van der Waals surface area contributed by atoms with E-state index in [2.05, 4.69) is 39.4 Å². The molecule has 1 saturated heterocycles. The van der Waals surface area contributed by atoms with Gasteiger partial charge >= 0.3 is 0 Å². The Bertz CT molecular complexity index is 441. The monoisotopic (exact) mass is 293 g/mol. The van der Waals surface area contributed by atoms with Gasteiger partial charge in [-0.3, -0.25) is 0 Å². The molecule has 1 aromatic heterocycles. The van der Waals surface area contributed by atoms with Gasteiger partial charge in [0.15, 0.2) is 0 Å². The van der Waals surface area contributed by atoms with Gasteiger partial charge < -0.3 is 19.6 Å². The summed E-state index contributed by atoms with van der Waals surface area (Å²) in [7, 11) is 4.21. The highest BCUT2D eigenvalue weighted by Crippen LogP contribution is 2.27. The molecule has 0 radical (unpaired) electrons. The number of aromatic nitrogens is 2. The molecule has 1 N–H and O–H groups in total. The second-order valence-corrected chi connectivity index (χ2v) is 6.42. The van der Waals surface area contributed by atoms with E-state index in [0.29, 0.717) is 12.0 Å². The van der Waals surface area contributed by atoms with E-state index < -0.39 is 0 Å². The Morgan fingerprint density at radius 1 is 1.19 bits per heavy atom. The minimum Gasteiger partial charge on any atom is -0.337 e. The van der Waals surface area contributed by atoms with Gasteiger partial charge in [0.25, 0.3) is 5.95 Å². The average Bonchev–Trinajstić information content (AvgIpc) is 2.97. The molecule has 0 aromatic carbocycles. The standard InChI is InChI=1S/C15H27N5O/c1-16-13-6-4-3-5-12(13)11-14-17-15(18-21-14)20-9-7-19(2)8-10-20/h12-13,16H,3-11H2,1-2H3. The largest absolute Gasteiger partial charge is 0.337 e. The summed E-state index contributed by atoms with van der Waals surface area (Å²) < 4.78 is 5.50. The third-order valence-electron chi connectivity index (χ3n) is 4.96. The summed E-state index contributed by atoms with van der Waals surface area (Å²) in [6.45, 7) is 4.10. The zero-order valence-corrected chi connectivity index (χ0v) is 13.2. The molecule has 1 aliphatic heterocycles. The first-order chi connectivity index (χ1) is 10.3. The lowest BCUT2D eigenvalue weighted by molar-refractivity contribution is 0.248. The predicted octanol–water partition coefficient (Wildman–Crippen LogP) is 1.14. The Hall–Kier alpha value is -1.14. The summed E-state index contributed by atoms with van der Waals surface area (Å²) in [5.74, 6) is 2.20. The molecule has 1 aromatic rings. The highest BCUT2D eigenvalue weighted by molar-refractivity contribution is 5.28. The van der Waals surface area contributed by atoms with Crippen LogP contribution in [0.2, 0.25) is 0 Å². The van der Waals surface area contributed by atoms with E-state index >= 15 is 0 Å². The van der Waals surface area contributed by atoms with Crippen molar-refractivity contribution in [1.29, 1.82) is 0 Å². The van der Waals surface area contributed by atoms with Crippen molar-refractivity contribution in [2.24, 2.45) is 5.92 Å². The Kier molecular flexibility index (Phi) is 4.75. The number of anilines is 1. The Morgan fingerprint density at radius 2 is 1.95 bits per heavy atom. The van der Waals surface area contributed by atoms with Crippen LogP contribution in [-0.2, 0) is 6.42 Å². The van der Waals surface area contributed by atoms with Gasteiger partial charge in [-0.1, -0.05) is 12.8 Å². The van der Waals surface area contributed by atoms with Crippen molar-refractivity contribution in [2.45, 2.75) is 38.1 Å². The maximum atomic E-state index is 5.50. The molecule has 2 unspecified atom stereocenters. The molecule has 2 heterocycles. The fourth-order valence-electron chi connectivity index (χ4n) is 3.52. The first kappa shape index (κ1) is 14.8. The van der Waals surface area contributed by atoms with Crippen LogP contribution in [0.1, 0.15) is 31.6 Å². The molecule has 0 bridgehead atoms. The van der Waals surface area contributed by atoms with Crippen molar-refractivity contribution in [1.82, 2.24) is 20.4 Å². The number of hydrogen-bond acceptors (Lipinski definition) is 6. The molecule has 21 heavy (non-hydrogen) atoms. The van der Waals surface area contributed by atoms with E-state index in [9.17, 15) is 0 Å². The van der Waals surface area contributed by atoms with Gasteiger partial charge in [0.05, 0.1) is 0 Å². The molecule has 6 heteroatoms.